The zero-order valence-electron chi connectivity index (χ0n) is 19.5. The maximum Gasteiger partial charge on any atom is 0.226 e. The number of benzene rings is 2. The number of Topliss-reactive ketones (excluding diaryl/α,β-unsaturated/α-hetero) is 1. The Morgan fingerprint density at radius 2 is 1.82 bits per heavy atom. The predicted octanol–water partition coefficient (Wildman–Crippen LogP) is 2.62. The lowest BCUT2D eigenvalue weighted by molar-refractivity contribution is -0.130. The van der Waals surface area contributed by atoms with Gasteiger partial charge in [-0.25, -0.2) is 4.39 Å². The van der Waals surface area contributed by atoms with Crippen LogP contribution in [0.25, 0.3) is 0 Å². The van der Waals surface area contributed by atoms with Gasteiger partial charge in [0.05, 0.1) is 20.6 Å². The summed E-state index contributed by atoms with van der Waals surface area (Å²) in [4.78, 5) is 37.6. The summed E-state index contributed by atoms with van der Waals surface area (Å²) in [6, 6.07) is 11.3. The lowest BCUT2D eigenvalue weighted by Crippen LogP contribution is -2.40. The zero-order valence-corrected chi connectivity index (χ0v) is 20.5. The molecule has 8 heteroatoms. The van der Waals surface area contributed by atoms with Crippen molar-refractivity contribution in [1.82, 2.24) is 10.6 Å². The Hall–Kier alpha value is -2.84. The largest absolute Gasteiger partial charge is 0.380 e. The SMILES string of the molecule is COCc1ccc([C@H](NC(=O)[C@@H]2CNC(=O)C2)C(=O)Cc2ccc([Si](C)(C)C)c(F)c2)cc1. The van der Waals surface area contributed by atoms with E-state index < -0.39 is 20.0 Å². The predicted molar refractivity (Wildman–Crippen MR) is 127 cm³/mol. The lowest BCUT2D eigenvalue weighted by atomic mass is 9.95. The molecule has 2 atom stereocenters. The van der Waals surface area contributed by atoms with E-state index in [9.17, 15) is 18.8 Å². The Bertz CT molecular complexity index is 1030. The van der Waals surface area contributed by atoms with Gasteiger partial charge in [-0.1, -0.05) is 56.0 Å². The smallest absolute Gasteiger partial charge is 0.226 e. The summed E-state index contributed by atoms with van der Waals surface area (Å²) in [6.45, 7) is 6.89. The molecule has 6 nitrogen and oxygen atoms in total. The second-order valence-electron chi connectivity index (χ2n) is 9.53. The van der Waals surface area contributed by atoms with Crippen molar-refractivity contribution in [3.8, 4) is 0 Å². The van der Waals surface area contributed by atoms with Crippen LogP contribution in [0.2, 0.25) is 19.6 Å². The summed E-state index contributed by atoms with van der Waals surface area (Å²) in [5.74, 6) is -1.60. The van der Waals surface area contributed by atoms with E-state index in [-0.39, 0.29) is 42.8 Å². The molecule has 1 saturated heterocycles. The fourth-order valence-corrected chi connectivity index (χ4v) is 5.33. The normalized spacial score (nSPS) is 16.9. The summed E-state index contributed by atoms with van der Waals surface area (Å²) in [6.07, 6.45) is 0.0817. The molecule has 0 spiro atoms. The number of carbonyl (C=O) groups is 3. The number of methoxy groups -OCH3 is 1. The molecule has 2 N–H and O–H groups in total. The van der Waals surface area contributed by atoms with Crippen LogP contribution < -0.4 is 15.8 Å². The molecule has 33 heavy (non-hydrogen) atoms. The van der Waals surface area contributed by atoms with Crippen LogP contribution in [0.3, 0.4) is 0 Å². The molecular formula is C25H31FN2O4Si. The monoisotopic (exact) mass is 470 g/mol. The number of nitrogens with one attached hydrogen (secondary N) is 2. The first-order chi connectivity index (χ1) is 15.6. The van der Waals surface area contributed by atoms with Gasteiger partial charge in [0.1, 0.15) is 11.9 Å². The molecule has 2 aromatic rings. The third-order valence-corrected chi connectivity index (χ3v) is 7.82. The molecule has 0 aromatic heterocycles. The van der Waals surface area contributed by atoms with Crippen molar-refractivity contribution in [3.63, 3.8) is 0 Å². The molecular weight excluding hydrogens is 439 g/mol. The van der Waals surface area contributed by atoms with Crippen molar-refractivity contribution in [3.05, 3.63) is 65.0 Å². The van der Waals surface area contributed by atoms with Crippen LogP contribution in [0.5, 0.6) is 0 Å². The average Bonchev–Trinajstić information content (AvgIpc) is 3.18. The third kappa shape index (κ3) is 6.36. The van der Waals surface area contributed by atoms with Crippen molar-refractivity contribution in [1.29, 1.82) is 0 Å². The Balaban J connectivity index is 1.83. The second-order valence-corrected chi connectivity index (χ2v) is 14.6. The summed E-state index contributed by atoms with van der Waals surface area (Å²) in [5, 5.41) is 6.18. The number of halogens is 1. The van der Waals surface area contributed by atoms with Gasteiger partial charge in [-0.3, -0.25) is 14.4 Å². The number of rotatable bonds is 9. The highest BCUT2D eigenvalue weighted by molar-refractivity contribution is 6.88. The van der Waals surface area contributed by atoms with Gasteiger partial charge in [-0.2, -0.15) is 0 Å². The second kappa shape index (κ2) is 10.4. The van der Waals surface area contributed by atoms with E-state index in [1.165, 1.54) is 6.07 Å². The topological polar surface area (TPSA) is 84.5 Å². The number of ketones is 1. The maximum absolute atomic E-state index is 14.7. The Labute approximate surface area is 194 Å². The van der Waals surface area contributed by atoms with Gasteiger partial charge in [-0.05, 0) is 27.9 Å². The van der Waals surface area contributed by atoms with Gasteiger partial charge in [0.2, 0.25) is 11.8 Å². The van der Waals surface area contributed by atoms with Gasteiger partial charge in [-0.15, -0.1) is 0 Å². The summed E-state index contributed by atoms with van der Waals surface area (Å²) >= 11 is 0. The molecule has 0 unspecified atom stereocenters. The van der Waals surface area contributed by atoms with Gasteiger partial charge >= 0.3 is 0 Å². The number of hydrogen-bond donors (Lipinski definition) is 2. The first-order valence-electron chi connectivity index (χ1n) is 11.0. The molecule has 2 aromatic carbocycles. The molecule has 0 aliphatic carbocycles. The van der Waals surface area contributed by atoms with Gasteiger partial charge in [0.25, 0.3) is 0 Å². The highest BCUT2D eigenvalue weighted by Gasteiger charge is 2.31. The van der Waals surface area contributed by atoms with Gasteiger partial charge in [0, 0.05) is 26.5 Å². The molecule has 1 heterocycles. The van der Waals surface area contributed by atoms with Crippen molar-refractivity contribution in [2.45, 2.75) is 45.1 Å². The lowest BCUT2D eigenvalue weighted by Gasteiger charge is -2.21. The van der Waals surface area contributed by atoms with Crippen LogP contribution in [-0.2, 0) is 32.1 Å². The number of carbonyl (C=O) groups excluding carboxylic acids is 3. The zero-order chi connectivity index (χ0) is 24.2. The molecule has 0 bridgehead atoms. The van der Waals surface area contributed by atoms with E-state index in [1.807, 2.05) is 12.1 Å². The quantitative estimate of drug-likeness (QED) is 0.552. The van der Waals surface area contributed by atoms with Crippen molar-refractivity contribution < 1.29 is 23.5 Å². The van der Waals surface area contributed by atoms with Crippen LogP contribution in [0, 0.1) is 11.7 Å². The summed E-state index contributed by atoms with van der Waals surface area (Å²) < 4.78 is 19.8. The minimum absolute atomic E-state index is 0.0183. The van der Waals surface area contributed by atoms with Crippen molar-refractivity contribution >= 4 is 30.9 Å². The van der Waals surface area contributed by atoms with Crippen LogP contribution in [-0.4, -0.2) is 39.3 Å². The highest BCUT2D eigenvalue weighted by Crippen LogP contribution is 2.21. The van der Waals surface area contributed by atoms with Crippen molar-refractivity contribution in [2.75, 3.05) is 13.7 Å². The van der Waals surface area contributed by atoms with Crippen LogP contribution in [0.4, 0.5) is 4.39 Å². The minimum atomic E-state index is -1.83. The summed E-state index contributed by atoms with van der Waals surface area (Å²) in [5.41, 5.74) is 2.13. The fourth-order valence-electron chi connectivity index (χ4n) is 3.95. The first-order valence-corrected chi connectivity index (χ1v) is 14.5. The first kappa shape index (κ1) is 24.8. The molecule has 1 aliphatic heterocycles. The van der Waals surface area contributed by atoms with Crippen LogP contribution >= 0.6 is 0 Å². The number of amides is 2. The van der Waals surface area contributed by atoms with Crippen molar-refractivity contribution in [2.24, 2.45) is 5.92 Å². The van der Waals surface area contributed by atoms with E-state index in [0.717, 1.165) is 10.8 Å². The highest BCUT2D eigenvalue weighted by atomic mass is 28.3. The minimum Gasteiger partial charge on any atom is -0.380 e. The average molecular weight is 471 g/mol. The van der Waals surface area contributed by atoms with E-state index >= 15 is 0 Å². The van der Waals surface area contributed by atoms with Crippen LogP contribution in [0.1, 0.15) is 29.2 Å². The Morgan fingerprint density at radius 1 is 1.15 bits per heavy atom. The molecule has 1 aliphatic rings. The van der Waals surface area contributed by atoms with Gasteiger partial charge < -0.3 is 15.4 Å². The summed E-state index contributed by atoms with van der Waals surface area (Å²) in [7, 11) is -0.230. The van der Waals surface area contributed by atoms with E-state index in [1.54, 1.807) is 31.4 Å². The molecule has 0 radical (unpaired) electrons. The third-order valence-electron chi connectivity index (χ3n) is 5.80. The Kier molecular flexibility index (Phi) is 7.81. The number of ether oxygens (including phenoxy) is 1. The molecule has 0 saturated carbocycles. The molecule has 1 fully saturated rings. The van der Waals surface area contributed by atoms with Gasteiger partial charge in [0.15, 0.2) is 5.78 Å². The maximum atomic E-state index is 14.7. The van der Waals surface area contributed by atoms with Crippen LogP contribution in [0.15, 0.2) is 42.5 Å². The van der Waals surface area contributed by atoms with E-state index in [4.69, 9.17) is 4.74 Å². The number of hydrogen-bond acceptors (Lipinski definition) is 4. The van der Waals surface area contributed by atoms with E-state index in [2.05, 4.69) is 30.3 Å². The molecule has 3 rings (SSSR count). The molecule has 2 amide bonds. The molecule has 176 valence electrons. The Morgan fingerprint density at radius 3 is 2.36 bits per heavy atom. The fraction of sp³-hybridized carbons (Fsp3) is 0.400. The standard InChI is InChI=1S/C25H31FN2O4Si/c1-32-15-16-5-8-18(9-6-16)24(28-25(31)19-13-23(30)27-14-19)21(29)12-17-7-10-22(20(26)11-17)33(2,3)4/h5-11,19,24H,12-15H2,1-4H3,(H,27,30)(H,28,31)/t19-,24-/m0/s1. The van der Waals surface area contributed by atoms with E-state index in [0.29, 0.717) is 17.7 Å².